The molecule has 1 aromatic rings. The van der Waals surface area contributed by atoms with E-state index < -0.39 is 0 Å². The number of carbonyl (C=O) groups excluding carboxylic acids is 1. The number of nitrogens with one attached hydrogen (secondary N) is 1. The van der Waals surface area contributed by atoms with Crippen LogP contribution < -0.4 is 10.2 Å². The zero-order chi connectivity index (χ0) is 15.4. The number of nitrogens with zero attached hydrogens (tertiary/aromatic N) is 3. The molecule has 1 unspecified atom stereocenters. The van der Waals surface area contributed by atoms with E-state index in [-0.39, 0.29) is 12.0 Å². The zero-order valence-electron chi connectivity index (χ0n) is 13.2. The number of hydrogen-bond donors (Lipinski definition) is 1. The van der Waals surface area contributed by atoms with E-state index in [0.29, 0.717) is 18.2 Å². The Morgan fingerprint density at radius 3 is 2.86 bits per heavy atom. The average molecular weight is 304 g/mol. The van der Waals surface area contributed by atoms with Gasteiger partial charge in [-0.05, 0) is 45.1 Å². The van der Waals surface area contributed by atoms with Gasteiger partial charge in [-0.15, -0.1) is 0 Å². The molecule has 2 saturated heterocycles. The van der Waals surface area contributed by atoms with Gasteiger partial charge in [-0.25, -0.2) is 9.97 Å². The number of ether oxygens (including phenoxy) is 1. The maximum absolute atomic E-state index is 12.3. The van der Waals surface area contributed by atoms with Crippen molar-refractivity contribution in [3.05, 3.63) is 17.5 Å². The van der Waals surface area contributed by atoms with Gasteiger partial charge in [0.1, 0.15) is 5.69 Å². The molecule has 0 saturated carbocycles. The van der Waals surface area contributed by atoms with Gasteiger partial charge in [0.05, 0.1) is 6.10 Å². The summed E-state index contributed by atoms with van der Waals surface area (Å²) in [5.74, 6) is 0.543. The number of piperidine rings is 1. The zero-order valence-corrected chi connectivity index (χ0v) is 13.2. The third kappa shape index (κ3) is 3.74. The Hall–Kier alpha value is -1.69. The van der Waals surface area contributed by atoms with E-state index in [1.165, 1.54) is 6.42 Å². The highest BCUT2D eigenvalue weighted by atomic mass is 16.5. The Morgan fingerprint density at radius 2 is 2.14 bits per heavy atom. The fourth-order valence-electron chi connectivity index (χ4n) is 3.01. The number of carbonyl (C=O) groups is 1. The number of aryl methyl sites for hydroxylation is 1. The molecule has 0 bridgehead atoms. The molecule has 3 heterocycles. The van der Waals surface area contributed by atoms with Crippen molar-refractivity contribution >= 4 is 11.9 Å². The SMILES string of the molecule is Cc1cc(C(=O)NCC2CCCO2)nc(N2CCCCC2)n1. The lowest BCUT2D eigenvalue weighted by atomic mass is 10.1. The molecular weight excluding hydrogens is 280 g/mol. The van der Waals surface area contributed by atoms with Crippen LogP contribution in [0, 0.1) is 6.92 Å². The maximum Gasteiger partial charge on any atom is 0.270 e. The summed E-state index contributed by atoms with van der Waals surface area (Å²) in [6.45, 7) is 5.21. The summed E-state index contributed by atoms with van der Waals surface area (Å²) in [6.07, 6.45) is 5.83. The summed E-state index contributed by atoms with van der Waals surface area (Å²) in [4.78, 5) is 23.4. The number of amides is 1. The topological polar surface area (TPSA) is 67.3 Å². The van der Waals surface area contributed by atoms with Gasteiger partial charge in [0.2, 0.25) is 5.95 Å². The molecule has 0 aromatic carbocycles. The Bertz CT molecular complexity index is 523. The molecule has 2 aliphatic heterocycles. The second-order valence-corrected chi connectivity index (χ2v) is 6.09. The third-order valence-corrected chi connectivity index (χ3v) is 4.23. The normalized spacial score (nSPS) is 21.9. The molecule has 0 radical (unpaired) electrons. The minimum Gasteiger partial charge on any atom is -0.376 e. The van der Waals surface area contributed by atoms with Crippen LogP contribution in [0.5, 0.6) is 0 Å². The van der Waals surface area contributed by atoms with Crippen LogP contribution in [-0.2, 0) is 4.74 Å². The summed E-state index contributed by atoms with van der Waals surface area (Å²) < 4.78 is 5.53. The molecule has 3 rings (SSSR count). The Balaban J connectivity index is 1.66. The van der Waals surface area contributed by atoms with Crippen molar-refractivity contribution in [2.45, 2.75) is 45.1 Å². The fraction of sp³-hybridized carbons (Fsp3) is 0.688. The second kappa shape index (κ2) is 7.05. The Morgan fingerprint density at radius 1 is 1.32 bits per heavy atom. The monoisotopic (exact) mass is 304 g/mol. The lowest BCUT2D eigenvalue weighted by Gasteiger charge is -2.27. The lowest BCUT2D eigenvalue weighted by Crippen LogP contribution is -2.34. The van der Waals surface area contributed by atoms with Crippen molar-refractivity contribution < 1.29 is 9.53 Å². The molecule has 6 heteroatoms. The molecule has 1 amide bonds. The van der Waals surface area contributed by atoms with Crippen LogP contribution in [0.4, 0.5) is 5.95 Å². The number of rotatable bonds is 4. The van der Waals surface area contributed by atoms with Crippen molar-refractivity contribution in [3.63, 3.8) is 0 Å². The van der Waals surface area contributed by atoms with E-state index in [2.05, 4.69) is 20.2 Å². The van der Waals surface area contributed by atoms with Gasteiger partial charge in [-0.3, -0.25) is 4.79 Å². The van der Waals surface area contributed by atoms with E-state index in [1.807, 2.05) is 6.92 Å². The quantitative estimate of drug-likeness (QED) is 0.917. The maximum atomic E-state index is 12.3. The molecule has 0 aliphatic carbocycles. The summed E-state index contributed by atoms with van der Waals surface area (Å²) in [5, 5.41) is 2.93. The molecule has 120 valence electrons. The summed E-state index contributed by atoms with van der Waals surface area (Å²) in [7, 11) is 0. The molecule has 1 atom stereocenters. The fourth-order valence-corrected chi connectivity index (χ4v) is 3.01. The smallest absolute Gasteiger partial charge is 0.270 e. The van der Waals surface area contributed by atoms with Crippen LogP contribution in [0.15, 0.2) is 6.07 Å². The summed E-state index contributed by atoms with van der Waals surface area (Å²) in [5.41, 5.74) is 1.28. The van der Waals surface area contributed by atoms with Crippen LogP contribution in [0.2, 0.25) is 0 Å². The first-order chi connectivity index (χ1) is 10.7. The van der Waals surface area contributed by atoms with Crippen molar-refractivity contribution in [3.8, 4) is 0 Å². The minimum absolute atomic E-state index is 0.140. The highest BCUT2D eigenvalue weighted by Gasteiger charge is 2.19. The van der Waals surface area contributed by atoms with Crippen LogP contribution in [0.25, 0.3) is 0 Å². The standard InChI is InChI=1S/C16H24N4O2/c1-12-10-14(15(21)17-11-13-6-5-9-22-13)19-16(18-12)20-7-3-2-4-8-20/h10,13H,2-9,11H2,1H3,(H,17,21). The Labute approximate surface area is 131 Å². The summed E-state index contributed by atoms with van der Waals surface area (Å²) >= 11 is 0. The van der Waals surface area contributed by atoms with Crippen molar-refractivity contribution in [1.29, 1.82) is 0 Å². The van der Waals surface area contributed by atoms with E-state index in [1.54, 1.807) is 6.07 Å². The van der Waals surface area contributed by atoms with Gasteiger partial charge in [-0.1, -0.05) is 0 Å². The lowest BCUT2D eigenvalue weighted by molar-refractivity contribution is 0.0853. The number of hydrogen-bond acceptors (Lipinski definition) is 5. The van der Waals surface area contributed by atoms with Gasteiger partial charge in [0.25, 0.3) is 5.91 Å². The molecule has 1 aromatic heterocycles. The van der Waals surface area contributed by atoms with E-state index in [4.69, 9.17) is 4.74 Å². The van der Waals surface area contributed by atoms with E-state index >= 15 is 0 Å². The third-order valence-electron chi connectivity index (χ3n) is 4.23. The van der Waals surface area contributed by atoms with Crippen LogP contribution >= 0.6 is 0 Å². The van der Waals surface area contributed by atoms with Gasteiger partial charge in [0, 0.05) is 31.9 Å². The predicted molar refractivity (Wildman–Crippen MR) is 84.1 cm³/mol. The number of anilines is 1. The molecule has 6 nitrogen and oxygen atoms in total. The predicted octanol–water partition coefficient (Wildman–Crippen LogP) is 1.68. The molecule has 22 heavy (non-hydrogen) atoms. The summed E-state index contributed by atoms with van der Waals surface area (Å²) in [6, 6.07) is 1.75. The van der Waals surface area contributed by atoms with Gasteiger partial charge >= 0.3 is 0 Å². The first-order valence-electron chi connectivity index (χ1n) is 8.23. The first kappa shape index (κ1) is 15.2. The largest absolute Gasteiger partial charge is 0.376 e. The Kier molecular flexibility index (Phi) is 4.87. The highest BCUT2D eigenvalue weighted by molar-refractivity contribution is 5.92. The molecular formula is C16H24N4O2. The van der Waals surface area contributed by atoms with E-state index in [0.717, 1.165) is 51.1 Å². The van der Waals surface area contributed by atoms with Crippen LogP contribution in [0.3, 0.4) is 0 Å². The molecule has 0 spiro atoms. The first-order valence-corrected chi connectivity index (χ1v) is 8.23. The molecule has 2 aliphatic rings. The van der Waals surface area contributed by atoms with Crippen molar-refractivity contribution in [1.82, 2.24) is 15.3 Å². The van der Waals surface area contributed by atoms with Gasteiger partial charge < -0.3 is 15.0 Å². The molecule has 2 fully saturated rings. The minimum atomic E-state index is -0.140. The van der Waals surface area contributed by atoms with Gasteiger partial charge in [-0.2, -0.15) is 0 Å². The molecule has 1 N–H and O–H groups in total. The van der Waals surface area contributed by atoms with Crippen LogP contribution in [0.1, 0.15) is 48.3 Å². The highest BCUT2D eigenvalue weighted by Crippen LogP contribution is 2.17. The van der Waals surface area contributed by atoms with Gasteiger partial charge in [0.15, 0.2) is 0 Å². The van der Waals surface area contributed by atoms with Crippen molar-refractivity contribution in [2.24, 2.45) is 0 Å². The van der Waals surface area contributed by atoms with Crippen LogP contribution in [-0.4, -0.2) is 48.2 Å². The van der Waals surface area contributed by atoms with Crippen molar-refractivity contribution in [2.75, 3.05) is 31.1 Å². The van der Waals surface area contributed by atoms with E-state index in [9.17, 15) is 4.79 Å². The average Bonchev–Trinajstić information content (AvgIpc) is 3.06. The second-order valence-electron chi connectivity index (χ2n) is 6.09. The number of aromatic nitrogens is 2.